The van der Waals surface area contributed by atoms with Gasteiger partial charge in [0.15, 0.2) is 0 Å². The van der Waals surface area contributed by atoms with E-state index in [0.29, 0.717) is 0 Å². The summed E-state index contributed by atoms with van der Waals surface area (Å²) in [6.07, 6.45) is 2.49. The maximum atomic E-state index is 5.89. The van der Waals surface area contributed by atoms with Crippen LogP contribution in [-0.4, -0.2) is 30.1 Å². The summed E-state index contributed by atoms with van der Waals surface area (Å²) in [6, 6.07) is 0. The highest BCUT2D eigenvalue weighted by atomic mass is 15.2. The van der Waals surface area contributed by atoms with E-state index in [1.165, 1.54) is 19.5 Å². The van der Waals surface area contributed by atoms with E-state index in [4.69, 9.17) is 5.73 Å². The van der Waals surface area contributed by atoms with E-state index in [0.717, 1.165) is 24.8 Å². The van der Waals surface area contributed by atoms with Crippen LogP contribution in [0.5, 0.6) is 0 Å². The van der Waals surface area contributed by atoms with Gasteiger partial charge in [0, 0.05) is 18.6 Å². The second-order valence-corrected chi connectivity index (χ2v) is 5.24. The van der Waals surface area contributed by atoms with Crippen molar-refractivity contribution in [3.8, 4) is 0 Å². The van der Waals surface area contributed by atoms with Crippen LogP contribution in [-0.2, 0) is 0 Å². The molecule has 0 aromatic rings. The SMILES string of the molecule is CCC(C)(CN)N1CCC(C)C(C)C1. The molecular weight excluding hydrogens is 172 g/mol. The molecule has 0 saturated carbocycles. The van der Waals surface area contributed by atoms with Crippen molar-refractivity contribution in [3.63, 3.8) is 0 Å². The molecule has 0 aromatic heterocycles. The molecule has 0 spiro atoms. The van der Waals surface area contributed by atoms with E-state index in [1.54, 1.807) is 0 Å². The van der Waals surface area contributed by atoms with Gasteiger partial charge in [-0.1, -0.05) is 20.8 Å². The molecular formula is C12H26N2. The van der Waals surface area contributed by atoms with Gasteiger partial charge in [0.05, 0.1) is 0 Å². The zero-order valence-corrected chi connectivity index (χ0v) is 10.2. The summed E-state index contributed by atoms with van der Waals surface area (Å²) in [6.45, 7) is 12.5. The summed E-state index contributed by atoms with van der Waals surface area (Å²) in [5, 5.41) is 0. The Kier molecular flexibility index (Phi) is 3.96. The van der Waals surface area contributed by atoms with Gasteiger partial charge in [-0.3, -0.25) is 4.90 Å². The van der Waals surface area contributed by atoms with Gasteiger partial charge >= 0.3 is 0 Å². The fourth-order valence-corrected chi connectivity index (χ4v) is 2.25. The maximum Gasteiger partial charge on any atom is 0.0301 e. The quantitative estimate of drug-likeness (QED) is 0.752. The number of hydrogen-bond acceptors (Lipinski definition) is 2. The van der Waals surface area contributed by atoms with Crippen molar-refractivity contribution in [1.82, 2.24) is 4.90 Å². The highest BCUT2D eigenvalue weighted by Gasteiger charge is 2.33. The minimum Gasteiger partial charge on any atom is -0.329 e. The topological polar surface area (TPSA) is 29.3 Å². The lowest BCUT2D eigenvalue weighted by Gasteiger charge is -2.46. The number of rotatable bonds is 3. The second-order valence-electron chi connectivity index (χ2n) is 5.24. The third kappa shape index (κ3) is 2.29. The molecule has 0 amide bonds. The van der Waals surface area contributed by atoms with Gasteiger partial charge in [-0.05, 0) is 38.1 Å². The van der Waals surface area contributed by atoms with Crippen molar-refractivity contribution in [2.75, 3.05) is 19.6 Å². The molecule has 3 unspecified atom stereocenters. The zero-order valence-electron chi connectivity index (χ0n) is 10.2. The van der Waals surface area contributed by atoms with Crippen molar-refractivity contribution in [2.45, 2.75) is 46.1 Å². The molecule has 0 aromatic carbocycles. The van der Waals surface area contributed by atoms with E-state index in [-0.39, 0.29) is 5.54 Å². The van der Waals surface area contributed by atoms with Crippen molar-refractivity contribution in [1.29, 1.82) is 0 Å². The summed E-state index contributed by atoms with van der Waals surface area (Å²) < 4.78 is 0. The first kappa shape index (κ1) is 12.0. The van der Waals surface area contributed by atoms with Crippen LogP contribution in [0.15, 0.2) is 0 Å². The number of likely N-dealkylation sites (tertiary alicyclic amines) is 1. The highest BCUT2D eigenvalue weighted by molar-refractivity contribution is 4.90. The lowest BCUT2D eigenvalue weighted by Crippen LogP contribution is -2.55. The fourth-order valence-electron chi connectivity index (χ4n) is 2.25. The fraction of sp³-hybridized carbons (Fsp3) is 1.00. The molecule has 0 radical (unpaired) electrons. The molecule has 14 heavy (non-hydrogen) atoms. The molecule has 2 nitrogen and oxygen atoms in total. The van der Waals surface area contributed by atoms with Crippen LogP contribution in [0.4, 0.5) is 0 Å². The van der Waals surface area contributed by atoms with E-state index >= 15 is 0 Å². The van der Waals surface area contributed by atoms with Crippen LogP contribution < -0.4 is 5.73 Å². The van der Waals surface area contributed by atoms with Gasteiger partial charge in [0.25, 0.3) is 0 Å². The molecule has 0 aliphatic carbocycles. The maximum absolute atomic E-state index is 5.89. The zero-order chi connectivity index (χ0) is 10.8. The first-order valence-corrected chi connectivity index (χ1v) is 5.98. The lowest BCUT2D eigenvalue weighted by molar-refractivity contribution is 0.0392. The first-order chi connectivity index (χ1) is 6.53. The molecule has 0 bridgehead atoms. The van der Waals surface area contributed by atoms with Crippen LogP contribution in [0, 0.1) is 11.8 Å². The van der Waals surface area contributed by atoms with Crippen LogP contribution in [0.3, 0.4) is 0 Å². The van der Waals surface area contributed by atoms with Gasteiger partial charge in [-0.2, -0.15) is 0 Å². The number of hydrogen-bond donors (Lipinski definition) is 1. The first-order valence-electron chi connectivity index (χ1n) is 5.98. The molecule has 2 heteroatoms. The van der Waals surface area contributed by atoms with Gasteiger partial charge in [-0.15, -0.1) is 0 Å². The molecule has 1 heterocycles. The lowest BCUT2D eigenvalue weighted by atomic mass is 9.84. The molecule has 1 rings (SSSR count). The van der Waals surface area contributed by atoms with Crippen LogP contribution in [0.1, 0.15) is 40.5 Å². The number of nitrogens with zero attached hydrogens (tertiary/aromatic N) is 1. The largest absolute Gasteiger partial charge is 0.329 e. The molecule has 1 aliphatic heterocycles. The molecule has 84 valence electrons. The molecule has 1 aliphatic rings. The Labute approximate surface area is 88.8 Å². The summed E-state index contributed by atoms with van der Waals surface area (Å²) >= 11 is 0. The van der Waals surface area contributed by atoms with Gasteiger partial charge in [0.2, 0.25) is 0 Å². The standard InChI is InChI=1S/C12H26N2/c1-5-12(4,9-13)14-7-6-10(2)11(3)8-14/h10-11H,5-9,13H2,1-4H3. The third-order valence-electron chi connectivity index (χ3n) is 4.30. The van der Waals surface area contributed by atoms with Crippen molar-refractivity contribution < 1.29 is 0 Å². The minimum absolute atomic E-state index is 0.231. The summed E-state index contributed by atoms with van der Waals surface area (Å²) in [5.41, 5.74) is 6.12. The van der Waals surface area contributed by atoms with Crippen molar-refractivity contribution in [3.05, 3.63) is 0 Å². The summed E-state index contributed by atoms with van der Waals surface area (Å²) in [7, 11) is 0. The number of piperidine rings is 1. The molecule has 1 fully saturated rings. The Morgan fingerprint density at radius 1 is 1.36 bits per heavy atom. The Hall–Kier alpha value is -0.0800. The van der Waals surface area contributed by atoms with Crippen molar-refractivity contribution in [2.24, 2.45) is 17.6 Å². The molecule has 1 saturated heterocycles. The smallest absolute Gasteiger partial charge is 0.0301 e. The van der Waals surface area contributed by atoms with Crippen LogP contribution in [0.2, 0.25) is 0 Å². The number of nitrogens with two attached hydrogens (primary N) is 1. The Morgan fingerprint density at radius 3 is 2.43 bits per heavy atom. The van der Waals surface area contributed by atoms with Crippen LogP contribution in [0.25, 0.3) is 0 Å². The predicted molar refractivity (Wildman–Crippen MR) is 62.3 cm³/mol. The highest BCUT2D eigenvalue weighted by Crippen LogP contribution is 2.28. The Bertz CT molecular complexity index is 175. The Morgan fingerprint density at radius 2 is 2.00 bits per heavy atom. The molecule has 3 atom stereocenters. The van der Waals surface area contributed by atoms with E-state index in [1.807, 2.05) is 0 Å². The van der Waals surface area contributed by atoms with Gasteiger partial charge in [-0.25, -0.2) is 0 Å². The van der Waals surface area contributed by atoms with E-state index in [2.05, 4.69) is 32.6 Å². The van der Waals surface area contributed by atoms with Gasteiger partial charge < -0.3 is 5.73 Å². The third-order valence-corrected chi connectivity index (χ3v) is 4.30. The monoisotopic (exact) mass is 198 g/mol. The van der Waals surface area contributed by atoms with Crippen LogP contribution >= 0.6 is 0 Å². The average molecular weight is 198 g/mol. The van der Waals surface area contributed by atoms with Gasteiger partial charge in [0.1, 0.15) is 0 Å². The van der Waals surface area contributed by atoms with E-state index in [9.17, 15) is 0 Å². The second kappa shape index (κ2) is 4.63. The summed E-state index contributed by atoms with van der Waals surface area (Å²) in [4.78, 5) is 2.59. The average Bonchev–Trinajstić information content (AvgIpc) is 2.21. The Balaban J connectivity index is 2.61. The summed E-state index contributed by atoms with van der Waals surface area (Å²) in [5.74, 6) is 1.70. The predicted octanol–water partition coefficient (Wildman–Crippen LogP) is 2.09. The van der Waals surface area contributed by atoms with Crippen molar-refractivity contribution >= 4 is 0 Å². The minimum atomic E-state index is 0.231. The molecule has 2 N–H and O–H groups in total. The normalized spacial score (nSPS) is 34.1. The van der Waals surface area contributed by atoms with E-state index < -0.39 is 0 Å².